The zero-order valence-corrected chi connectivity index (χ0v) is 9.50. The maximum Gasteiger partial charge on any atom is 0.135 e. The van der Waals surface area contributed by atoms with Crippen molar-refractivity contribution in [1.29, 1.82) is 0 Å². The van der Waals surface area contributed by atoms with Crippen molar-refractivity contribution in [3.05, 3.63) is 24.4 Å². The molecule has 0 heterocycles. The lowest BCUT2D eigenvalue weighted by atomic mass is 9.84. The van der Waals surface area contributed by atoms with Crippen LogP contribution in [0.1, 0.15) is 34.1 Å². The Morgan fingerprint density at radius 3 is 2.43 bits per heavy atom. The van der Waals surface area contributed by atoms with Gasteiger partial charge in [0.05, 0.1) is 0 Å². The maximum atomic E-state index is 11.3. The Hall–Kier alpha value is -1.18. The number of ketones is 1. The van der Waals surface area contributed by atoms with E-state index in [1.54, 1.807) is 19.2 Å². The molecule has 0 radical (unpaired) electrons. The number of hydrogen-bond acceptors (Lipinski definition) is 2. The van der Waals surface area contributed by atoms with Crippen molar-refractivity contribution < 1.29 is 4.79 Å². The van der Waals surface area contributed by atoms with E-state index >= 15 is 0 Å². The highest BCUT2D eigenvalue weighted by molar-refractivity contribution is 5.81. The van der Waals surface area contributed by atoms with Crippen LogP contribution in [0.2, 0.25) is 0 Å². The van der Waals surface area contributed by atoms with E-state index in [1.165, 1.54) is 0 Å². The lowest BCUT2D eigenvalue weighted by Gasteiger charge is -2.20. The van der Waals surface area contributed by atoms with Gasteiger partial charge in [0, 0.05) is 23.7 Å². The molecular formula is C12H19NO. The highest BCUT2D eigenvalue weighted by atomic mass is 16.1. The Morgan fingerprint density at radius 1 is 1.50 bits per heavy atom. The molecule has 0 aliphatic carbocycles. The normalized spacial score (nSPS) is 13.3. The van der Waals surface area contributed by atoms with Gasteiger partial charge in [0.15, 0.2) is 0 Å². The molecule has 0 rings (SSSR count). The summed E-state index contributed by atoms with van der Waals surface area (Å²) in [6.07, 6.45) is 5.91. The van der Waals surface area contributed by atoms with E-state index in [1.807, 2.05) is 26.8 Å². The van der Waals surface area contributed by atoms with Crippen molar-refractivity contribution in [3.63, 3.8) is 0 Å². The second-order valence-electron chi connectivity index (χ2n) is 3.90. The number of Topliss-reactive ketones (excluding diaryl/α,β-unsaturated/α-hetero) is 1. The lowest BCUT2D eigenvalue weighted by molar-refractivity contribution is -0.124. The Balaban J connectivity index is 4.68. The molecule has 0 aliphatic rings. The molecule has 0 aliphatic heterocycles. The molecule has 0 amide bonds. The van der Waals surface area contributed by atoms with Crippen molar-refractivity contribution in [2.45, 2.75) is 34.1 Å². The fourth-order valence-electron chi connectivity index (χ4n) is 1.03. The molecule has 0 aromatic heterocycles. The van der Waals surface area contributed by atoms with Gasteiger partial charge in [0.25, 0.3) is 0 Å². The van der Waals surface area contributed by atoms with Gasteiger partial charge in [-0.2, -0.15) is 0 Å². The summed E-state index contributed by atoms with van der Waals surface area (Å²) < 4.78 is 0. The Kier molecular flexibility index (Phi) is 5.06. The third-order valence-corrected chi connectivity index (χ3v) is 2.18. The smallest absolute Gasteiger partial charge is 0.135 e. The van der Waals surface area contributed by atoms with Gasteiger partial charge < -0.3 is 0 Å². The predicted octanol–water partition coefficient (Wildman–Crippen LogP) is 3.15. The van der Waals surface area contributed by atoms with E-state index in [4.69, 9.17) is 0 Å². The van der Waals surface area contributed by atoms with Gasteiger partial charge in [-0.25, -0.2) is 0 Å². The lowest BCUT2D eigenvalue weighted by Crippen LogP contribution is -2.21. The van der Waals surface area contributed by atoms with Crippen LogP contribution in [0.3, 0.4) is 0 Å². The summed E-state index contributed by atoms with van der Waals surface area (Å²) >= 11 is 0. The average molecular weight is 193 g/mol. The van der Waals surface area contributed by atoms with Crippen molar-refractivity contribution in [1.82, 2.24) is 0 Å². The number of aliphatic imine (C=N–C) groups is 1. The third kappa shape index (κ3) is 4.17. The van der Waals surface area contributed by atoms with Crippen LogP contribution in [0, 0.1) is 5.41 Å². The van der Waals surface area contributed by atoms with Gasteiger partial charge in [-0.15, -0.1) is 0 Å². The van der Waals surface area contributed by atoms with Crippen LogP contribution in [0.5, 0.6) is 0 Å². The summed E-state index contributed by atoms with van der Waals surface area (Å²) in [5.74, 6) is 0.179. The largest absolute Gasteiger partial charge is 0.299 e. The molecule has 78 valence electrons. The van der Waals surface area contributed by atoms with E-state index in [2.05, 4.69) is 11.6 Å². The molecule has 0 N–H and O–H groups in total. The summed E-state index contributed by atoms with van der Waals surface area (Å²) in [6.45, 7) is 10.9. The van der Waals surface area contributed by atoms with Crippen LogP contribution >= 0.6 is 0 Å². The molecule has 0 fully saturated rings. The first-order chi connectivity index (χ1) is 6.44. The minimum absolute atomic E-state index is 0.179. The van der Waals surface area contributed by atoms with Crippen molar-refractivity contribution >= 4 is 12.0 Å². The summed E-state index contributed by atoms with van der Waals surface area (Å²) in [5, 5.41) is 0. The molecule has 2 heteroatoms. The molecule has 14 heavy (non-hydrogen) atoms. The second kappa shape index (κ2) is 5.53. The number of nitrogens with zero attached hydrogens (tertiary/aromatic N) is 1. The fourth-order valence-corrected chi connectivity index (χ4v) is 1.03. The zero-order valence-electron chi connectivity index (χ0n) is 9.50. The van der Waals surface area contributed by atoms with E-state index < -0.39 is 0 Å². The summed E-state index contributed by atoms with van der Waals surface area (Å²) in [7, 11) is 0. The molecule has 0 saturated heterocycles. The predicted molar refractivity (Wildman–Crippen MR) is 61.5 cm³/mol. The second-order valence-corrected chi connectivity index (χ2v) is 3.90. The zero-order chi connectivity index (χ0) is 11.2. The molecule has 0 saturated carbocycles. The van der Waals surface area contributed by atoms with Crippen LogP contribution in [0.4, 0.5) is 0 Å². The quantitative estimate of drug-likeness (QED) is 0.487. The number of carbonyl (C=O) groups excluding carboxylic acids is 1. The van der Waals surface area contributed by atoms with Crippen molar-refractivity contribution in [2.75, 3.05) is 0 Å². The van der Waals surface area contributed by atoms with Gasteiger partial charge in [-0.1, -0.05) is 26.5 Å². The first-order valence-electron chi connectivity index (χ1n) is 4.75. The maximum absolute atomic E-state index is 11.3. The van der Waals surface area contributed by atoms with Crippen LogP contribution in [-0.4, -0.2) is 12.0 Å². The number of rotatable bonds is 5. The summed E-state index contributed by atoms with van der Waals surface area (Å²) in [5.41, 5.74) is 0.546. The molecule has 0 aromatic carbocycles. The van der Waals surface area contributed by atoms with Crippen LogP contribution < -0.4 is 0 Å². The third-order valence-electron chi connectivity index (χ3n) is 2.18. The Morgan fingerprint density at radius 2 is 2.07 bits per heavy atom. The standard InChI is InChI=1S/C12H19NO/c1-6-8-11(13-7-2)9-12(4,5)10(3)14/h6-8H,1,9H2,2-5H3/b11-8-,13-7?. The van der Waals surface area contributed by atoms with E-state index in [0.717, 1.165) is 5.70 Å². The number of hydrogen-bond donors (Lipinski definition) is 0. The average Bonchev–Trinajstić information content (AvgIpc) is 2.04. The van der Waals surface area contributed by atoms with Gasteiger partial charge in [-0.05, 0) is 19.9 Å². The molecule has 0 aromatic rings. The Labute approximate surface area is 86.4 Å². The van der Waals surface area contributed by atoms with Crippen LogP contribution in [0.15, 0.2) is 29.4 Å². The molecule has 0 bridgehead atoms. The van der Waals surface area contributed by atoms with E-state index in [9.17, 15) is 4.79 Å². The monoisotopic (exact) mass is 193 g/mol. The molecular weight excluding hydrogens is 174 g/mol. The van der Waals surface area contributed by atoms with Gasteiger partial charge >= 0.3 is 0 Å². The van der Waals surface area contributed by atoms with E-state index in [0.29, 0.717) is 6.42 Å². The van der Waals surface area contributed by atoms with Crippen LogP contribution in [0.25, 0.3) is 0 Å². The minimum Gasteiger partial charge on any atom is -0.299 e. The molecule has 0 spiro atoms. The van der Waals surface area contributed by atoms with Crippen LogP contribution in [-0.2, 0) is 4.79 Å². The highest BCUT2D eigenvalue weighted by Gasteiger charge is 2.24. The summed E-state index contributed by atoms with van der Waals surface area (Å²) in [6, 6.07) is 0. The first kappa shape index (κ1) is 12.8. The summed E-state index contributed by atoms with van der Waals surface area (Å²) in [4.78, 5) is 15.5. The van der Waals surface area contributed by atoms with Crippen molar-refractivity contribution in [2.24, 2.45) is 10.4 Å². The first-order valence-corrected chi connectivity index (χ1v) is 4.75. The Bertz CT molecular complexity index is 272. The number of carbonyl (C=O) groups is 1. The SMILES string of the molecule is C=C/C=C(/CC(C)(C)C(C)=O)N=CC. The molecule has 2 nitrogen and oxygen atoms in total. The van der Waals surface area contributed by atoms with E-state index in [-0.39, 0.29) is 11.2 Å². The minimum atomic E-state index is -0.346. The highest BCUT2D eigenvalue weighted by Crippen LogP contribution is 2.26. The fraction of sp³-hybridized carbons (Fsp3) is 0.500. The van der Waals surface area contributed by atoms with Crippen molar-refractivity contribution in [3.8, 4) is 0 Å². The molecule has 0 atom stereocenters. The number of allylic oxidation sites excluding steroid dienone is 3. The van der Waals surface area contributed by atoms with Gasteiger partial charge in [0.1, 0.15) is 5.78 Å². The van der Waals surface area contributed by atoms with Gasteiger partial charge in [0.2, 0.25) is 0 Å². The topological polar surface area (TPSA) is 29.4 Å². The molecule has 0 unspecified atom stereocenters. The van der Waals surface area contributed by atoms with Gasteiger partial charge in [-0.3, -0.25) is 9.79 Å².